The molecule has 0 fully saturated rings. The monoisotopic (exact) mass is 365 g/mol. The highest BCUT2D eigenvalue weighted by atomic mass is 19.1. The number of halogens is 2. The van der Waals surface area contributed by atoms with Crippen molar-refractivity contribution in [2.24, 2.45) is 0 Å². The number of rotatable bonds is 4. The molecular formula is C19H13F2N5O. The molecule has 0 atom stereocenters. The molecule has 0 aliphatic heterocycles. The molecule has 0 aliphatic carbocycles. The largest absolute Gasteiger partial charge is 0.345 e. The molecule has 27 heavy (non-hydrogen) atoms. The van der Waals surface area contributed by atoms with Gasteiger partial charge in [0.15, 0.2) is 11.5 Å². The number of fused-ring (bicyclic) bond motifs is 1. The molecule has 0 bridgehead atoms. The van der Waals surface area contributed by atoms with Crippen molar-refractivity contribution in [1.29, 1.82) is 0 Å². The van der Waals surface area contributed by atoms with Gasteiger partial charge in [-0.25, -0.2) is 8.78 Å². The third-order valence-corrected chi connectivity index (χ3v) is 3.98. The maximum atomic E-state index is 13.7. The summed E-state index contributed by atoms with van der Waals surface area (Å²) in [5.74, 6) is -1.87. The molecule has 4 aromatic rings. The summed E-state index contributed by atoms with van der Waals surface area (Å²) in [4.78, 5) is 12.1. The Kier molecular flexibility index (Phi) is 4.29. The fourth-order valence-electron chi connectivity index (χ4n) is 2.63. The number of carbonyl (C=O) groups excluding carboxylic acids is 1. The van der Waals surface area contributed by atoms with Gasteiger partial charge in [0, 0.05) is 5.56 Å². The lowest BCUT2D eigenvalue weighted by atomic mass is 10.1. The number of hydrogen-bond donors (Lipinski definition) is 1. The van der Waals surface area contributed by atoms with Crippen molar-refractivity contribution < 1.29 is 13.6 Å². The van der Waals surface area contributed by atoms with Crippen LogP contribution in [0.2, 0.25) is 0 Å². The van der Waals surface area contributed by atoms with Crippen LogP contribution >= 0.6 is 0 Å². The minimum atomic E-state index is -0.801. The van der Waals surface area contributed by atoms with E-state index in [9.17, 15) is 13.6 Å². The lowest BCUT2D eigenvalue weighted by Crippen LogP contribution is -2.25. The quantitative estimate of drug-likeness (QED) is 0.603. The number of amides is 1. The molecule has 2 aromatic heterocycles. The normalized spacial score (nSPS) is 10.9. The van der Waals surface area contributed by atoms with Gasteiger partial charge in [0.05, 0.1) is 17.8 Å². The molecule has 6 nitrogen and oxygen atoms in total. The molecule has 0 radical (unpaired) electrons. The smallest absolute Gasteiger partial charge is 0.254 e. The molecule has 2 aromatic carbocycles. The van der Waals surface area contributed by atoms with Crippen LogP contribution in [0.5, 0.6) is 0 Å². The van der Waals surface area contributed by atoms with Crippen LogP contribution in [0.4, 0.5) is 8.78 Å². The van der Waals surface area contributed by atoms with Gasteiger partial charge in [0.2, 0.25) is 0 Å². The Morgan fingerprint density at radius 2 is 1.81 bits per heavy atom. The van der Waals surface area contributed by atoms with Crippen LogP contribution in [0.3, 0.4) is 0 Å². The van der Waals surface area contributed by atoms with Crippen LogP contribution in [-0.2, 0) is 6.54 Å². The third kappa shape index (κ3) is 3.37. The number of hydrogen-bond acceptors (Lipinski definition) is 4. The van der Waals surface area contributed by atoms with Gasteiger partial charge in [0.25, 0.3) is 5.91 Å². The van der Waals surface area contributed by atoms with Crippen molar-refractivity contribution in [2.45, 2.75) is 6.54 Å². The van der Waals surface area contributed by atoms with E-state index in [0.717, 1.165) is 23.8 Å². The summed E-state index contributed by atoms with van der Waals surface area (Å²) in [6, 6.07) is 15.9. The van der Waals surface area contributed by atoms with Crippen LogP contribution < -0.4 is 5.32 Å². The highest BCUT2D eigenvalue weighted by Crippen LogP contribution is 2.17. The SMILES string of the molecule is O=C(NCc1nnc2ccc(-c3ccccc3)nn12)c1cc(F)ccc1F. The van der Waals surface area contributed by atoms with Crippen LogP contribution in [0, 0.1) is 11.6 Å². The predicted octanol–water partition coefficient (Wildman–Crippen LogP) is 3.00. The average Bonchev–Trinajstić information content (AvgIpc) is 3.11. The van der Waals surface area contributed by atoms with E-state index >= 15 is 0 Å². The molecule has 4 rings (SSSR count). The molecule has 0 saturated carbocycles. The zero-order valence-corrected chi connectivity index (χ0v) is 13.9. The number of aromatic nitrogens is 4. The zero-order valence-electron chi connectivity index (χ0n) is 13.9. The van der Waals surface area contributed by atoms with Crippen LogP contribution in [0.25, 0.3) is 16.9 Å². The van der Waals surface area contributed by atoms with E-state index in [4.69, 9.17) is 0 Å². The first kappa shape index (κ1) is 16.8. The summed E-state index contributed by atoms with van der Waals surface area (Å²) in [6.07, 6.45) is 0. The Hall–Kier alpha value is -3.68. The van der Waals surface area contributed by atoms with Gasteiger partial charge in [-0.3, -0.25) is 4.79 Å². The van der Waals surface area contributed by atoms with Crippen molar-refractivity contribution in [3.8, 4) is 11.3 Å². The van der Waals surface area contributed by atoms with E-state index in [1.165, 1.54) is 4.52 Å². The minimum Gasteiger partial charge on any atom is -0.345 e. The Morgan fingerprint density at radius 1 is 1.00 bits per heavy atom. The third-order valence-electron chi connectivity index (χ3n) is 3.98. The first-order valence-corrected chi connectivity index (χ1v) is 8.12. The summed E-state index contributed by atoms with van der Waals surface area (Å²) >= 11 is 0. The van der Waals surface area contributed by atoms with Gasteiger partial charge in [-0.05, 0) is 30.3 Å². The van der Waals surface area contributed by atoms with Gasteiger partial charge in [0.1, 0.15) is 11.6 Å². The zero-order chi connectivity index (χ0) is 18.8. The summed E-state index contributed by atoms with van der Waals surface area (Å²) < 4.78 is 28.5. The molecule has 0 saturated heterocycles. The molecule has 8 heteroatoms. The van der Waals surface area contributed by atoms with Crippen molar-refractivity contribution in [3.05, 3.63) is 83.7 Å². The fourth-order valence-corrected chi connectivity index (χ4v) is 2.63. The van der Waals surface area contributed by atoms with Crippen molar-refractivity contribution >= 4 is 11.6 Å². The number of nitrogens with zero attached hydrogens (tertiary/aromatic N) is 4. The summed E-state index contributed by atoms with van der Waals surface area (Å²) in [6.45, 7) is -0.0405. The highest BCUT2D eigenvalue weighted by Gasteiger charge is 2.15. The second-order valence-corrected chi connectivity index (χ2v) is 5.78. The first-order chi connectivity index (χ1) is 13.1. The van der Waals surface area contributed by atoms with Crippen LogP contribution in [0.15, 0.2) is 60.7 Å². The molecule has 2 heterocycles. The number of nitrogens with one attached hydrogen (secondary N) is 1. The van der Waals surface area contributed by atoms with E-state index in [-0.39, 0.29) is 12.1 Å². The average molecular weight is 365 g/mol. The first-order valence-electron chi connectivity index (χ1n) is 8.12. The lowest BCUT2D eigenvalue weighted by Gasteiger charge is -2.06. The van der Waals surface area contributed by atoms with Crippen LogP contribution in [-0.4, -0.2) is 25.7 Å². The van der Waals surface area contributed by atoms with Gasteiger partial charge >= 0.3 is 0 Å². The van der Waals surface area contributed by atoms with Crippen molar-refractivity contribution in [1.82, 2.24) is 25.1 Å². The predicted molar refractivity (Wildman–Crippen MR) is 93.7 cm³/mol. The summed E-state index contributed by atoms with van der Waals surface area (Å²) in [5.41, 5.74) is 1.77. The van der Waals surface area contributed by atoms with Crippen molar-refractivity contribution in [3.63, 3.8) is 0 Å². The minimum absolute atomic E-state index is 0.0405. The van der Waals surface area contributed by atoms with E-state index in [1.807, 2.05) is 36.4 Å². The molecule has 1 N–H and O–H groups in total. The topological polar surface area (TPSA) is 72.2 Å². The van der Waals surface area contributed by atoms with Gasteiger partial charge in [-0.2, -0.15) is 9.61 Å². The van der Waals surface area contributed by atoms with Gasteiger partial charge in [-0.15, -0.1) is 10.2 Å². The molecule has 0 aliphatic rings. The van der Waals surface area contributed by atoms with Gasteiger partial charge in [-0.1, -0.05) is 30.3 Å². The van der Waals surface area contributed by atoms with E-state index in [1.54, 1.807) is 6.07 Å². The summed E-state index contributed by atoms with van der Waals surface area (Å²) in [5, 5.41) is 15.0. The Balaban J connectivity index is 1.59. The second-order valence-electron chi connectivity index (χ2n) is 5.78. The number of benzene rings is 2. The highest BCUT2D eigenvalue weighted by molar-refractivity contribution is 5.94. The summed E-state index contributed by atoms with van der Waals surface area (Å²) in [7, 11) is 0. The molecule has 0 unspecified atom stereocenters. The number of carbonyl (C=O) groups is 1. The second kappa shape index (κ2) is 6.91. The van der Waals surface area contributed by atoms with E-state index in [0.29, 0.717) is 17.2 Å². The fraction of sp³-hybridized carbons (Fsp3) is 0.0526. The molecule has 134 valence electrons. The molecule has 1 amide bonds. The maximum Gasteiger partial charge on any atom is 0.254 e. The lowest BCUT2D eigenvalue weighted by molar-refractivity contribution is 0.0945. The van der Waals surface area contributed by atoms with E-state index in [2.05, 4.69) is 20.6 Å². The standard InChI is InChI=1S/C19H13F2N5O/c20-13-6-7-15(21)14(10-13)19(27)22-11-18-24-23-17-9-8-16(25-26(17)18)12-4-2-1-3-5-12/h1-10H,11H2,(H,22,27). The Labute approximate surface area is 152 Å². The van der Waals surface area contributed by atoms with Crippen LogP contribution in [0.1, 0.15) is 16.2 Å². The molecule has 0 spiro atoms. The van der Waals surface area contributed by atoms with E-state index < -0.39 is 17.5 Å². The Morgan fingerprint density at radius 3 is 2.63 bits per heavy atom. The van der Waals surface area contributed by atoms with Crippen molar-refractivity contribution in [2.75, 3.05) is 0 Å². The Bertz CT molecular complexity index is 1130. The van der Waals surface area contributed by atoms with Gasteiger partial charge < -0.3 is 5.32 Å². The maximum absolute atomic E-state index is 13.7. The molecular weight excluding hydrogens is 352 g/mol.